The van der Waals surface area contributed by atoms with Gasteiger partial charge in [-0.2, -0.15) is 0 Å². The summed E-state index contributed by atoms with van der Waals surface area (Å²) < 4.78 is 53.5. The van der Waals surface area contributed by atoms with Crippen molar-refractivity contribution in [3.63, 3.8) is 0 Å². The molecule has 0 bridgehead atoms. The summed E-state index contributed by atoms with van der Waals surface area (Å²) >= 11 is -1.96. The molecule has 1 aromatic heterocycles. The van der Waals surface area contributed by atoms with Crippen LogP contribution in [0.1, 0.15) is 28.9 Å². The summed E-state index contributed by atoms with van der Waals surface area (Å²) in [5, 5.41) is 2.55. The number of aliphatic imine (C=N–C) groups is 1. The number of aromatic nitrogens is 2. The number of nitrogens with one attached hydrogen (secondary N) is 1. The predicted octanol–water partition coefficient (Wildman–Crippen LogP) is 3.31. The molecule has 2 aliphatic heterocycles. The molecule has 3 atom stereocenters. The van der Waals surface area contributed by atoms with E-state index in [1.807, 2.05) is 4.93 Å². The van der Waals surface area contributed by atoms with E-state index in [0.29, 0.717) is 5.92 Å². The molecule has 0 radical (unpaired) electrons. The molecule has 35 heavy (non-hydrogen) atoms. The second kappa shape index (κ2) is 9.18. The SMILES string of the molecule is CI1[C@H]2[C@@H]1OC(N)=N[C@@]2(c1cc(NC(=O)c2cnc(OCC#CC3CC3)cn2)ccc1F)C(F)F. The molecule has 2 fully saturated rings. The Labute approximate surface area is 206 Å². The van der Waals surface area contributed by atoms with Gasteiger partial charge in [0.05, 0.1) is 0 Å². The van der Waals surface area contributed by atoms with Gasteiger partial charge in [0.1, 0.15) is 0 Å². The van der Waals surface area contributed by atoms with Crippen molar-refractivity contribution in [1.29, 1.82) is 0 Å². The molecule has 1 saturated carbocycles. The van der Waals surface area contributed by atoms with Crippen LogP contribution in [0.15, 0.2) is 35.6 Å². The van der Waals surface area contributed by atoms with Crippen molar-refractivity contribution in [3.8, 4) is 17.7 Å². The van der Waals surface area contributed by atoms with Gasteiger partial charge in [-0.25, -0.2) is 0 Å². The van der Waals surface area contributed by atoms with E-state index in [2.05, 4.69) is 32.1 Å². The zero-order valence-electron chi connectivity index (χ0n) is 18.5. The van der Waals surface area contributed by atoms with Crippen molar-refractivity contribution < 1.29 is 27.4 Å². The van der Waals surface area contributed by atoms with E-state index in [-0.39, 0.29) is 35.5 Å². The van der Waals surface area contributed by atoms with Gasteiger partial charge in [-0.15, -0.1) is 0 Å². The van der Waals surface area contributed by atoms with Gasteiger partial charge in [0.25, 0.3) is 0 Å². The zero-order chi connectivity index (χ0) is 24.7. The molecule has 1 aliphatic carbocycles. The van der Waals surface area contributed by atoms with Crippen molar-refractivity contribution in [2.45, 2.75) is 32.8 Å². The van der Waals surface area contributed by atoms with Gasteiger partial charge in [-0.1, -0.05) is 11.8 Å². The number of nitrogens with two attached hydrogens (primary N) is 1. The standard InChI is InChI=1S/C23H21F3IN5O3/c1-27-18-19(27)35-22(28)32-23(18,21(25)26)14-9-13(6-7-15(14)24)31-20(33)16-10-30-17(11-29-16)34-8-2-3-12-4-5-12/h6-7,9-12,18-19,21H,4-5,8H2,1H3,(H2,28,32)(H,31,33)/t18-,19-,23+/m0/s1. The number of halogens is 4. The van der Waals surface area contributed by atoms with Gasteiger partial charge in [0.2, 0.25) is 0 Å². The molecule has 1 saturated heterocycles. The summed E-state index contributed by atoms with van der Waals surface area (Å²) in [4.78, 5) is 26.5. The molecule has 3 N–H and O–H groups in total. The molecule has 5 rings (SSSR count). The van der Waals surface area contributed by atoms with Gasteiger partial charge in [0.15, 0.2) is 6.61 Å². The molecular weight excluding hydrogens is 578 g/mol. The monoisotopic (exact) mass is 599 g/mol. The number of rotatable bonds is 6. The summed E-state index contributed by atoms with van der Waals surface area (Å²) in [6, 6.07) is 3.09. The van der Waals surface area contributed by atoms with E-state index in [9.17, 15) is 18.0 Å². The Morgan fingerprint density at radius 3 is 2.86 bits per heavy atom. The van der Waals surface area contributed by atoms with Crippen LogP contribution in [0.2, 0.25) is 0 Å². The number of carbonyl (C=O) groups is 1. The molecule has 184 valence electrons. The van der Waals surface area contributed by atoms with E-state index in [4.69, 9.17) is 15.2 Å². The number of hydrogen-bond acceptors (Lipinski definition) is 7. The number of amidine groups is 1. The second-order valence-corrected chi connectivity index (χ2v) is 14.1. The Morgan fingerprint density at radius 1 is 1.37 bits per heavy atom. The van der Waals surface area contributed by atoms with Crippen LogP contribution in [0.4, 0.5) is 18.9 Å². The molecule has 0 spiro atoms. The minimum absolute atomic E-state index is 0.0339. The average molecular weight is 599 g/mol. The Hall–Kier alpha value is -3.08. The second-order valence-electron chi connectivity index (χ2n) is 8.28. The Bertz CT molecular complexity index is 1250. The number of carbonyl (C=O) groups excluding carboxylic acids is 1. The van der Waals surface area contributed by atoms with E-state index in [1.54, 1.807) is 0 Å². The van der Waals surface area contributed by atoms with Crippen molar-refractivity contribution in [2.75, 3.05) is 16.9 Å². The topological polar surface area (TPSA) is 112 Å². The summed E-state index contributed by atoms with van der Waals surface area (Å²) in [7, 11) is 0. The van der Waals surface area contributed by atoms with E-state index >= 15 is 0 Å². The number of anilines is 1. The first kappa shape index (κ1) is 23.7. The van der Waals surface area contributed by atoms with Crippen LogP contribution in [-0.4, -0.2) is 47.9 Å². The number of benzene rings is 1. The quantitative estimate of drug-likeness (QED) is 0.300. The maximum atomic E-state index is 14.9. The fourth-order valence-corrected chi connectivity index (χ4v) is 10.7. The van der Waals surface area contributed by atoms with Gasteiger partial charge < -0.3 is 0 Å². The number of ether oxygens (including phenoxy) is 2. The number of amides is 1. The van der Waals surface area contributed by atoms with Gasteiger partial charge in [-0.05, 0) is 12.8 Å². The molecule has 12 heteroatoms. The summed E-state index contributed by atoms with van der Waals surface area (Å²) in [5.41, 5.74) is 3.28. The van der Waals surface area contributed by atoms with Crippen LogP contribution >= 0.6 is 19.8 Å². The fourth-order valence-electron chi connectivity index (χ4n) is 3.86. The maximum absolute atomic E-state index is 14.9. The molecular formula is C23H21F3IN5O3. The molecule has 3 aliphatic rings. The number of hydrogen-bond donors (Lipinski definition) is 2. The van der Waals surface area contributed by atoms with Gasteiger partial charge in [-0.3, -0.25) is 0 Å². The zero-order valence-corrected chi connectivity index (χ0v) is 20.6. The molecule has 3 heterocycles. The number of fused-ring (bicyclic) bond motifs is 1. The van der Waals surface area contributed by atoms with Gasteiger partial charge in [0, 0.05) is 5.92 Å². The molecule has 0 unspecified atom stereocenters. The van der Waals surface area contributed by atoms with Crippen molar-refractivity contribution in [3.05, 3.63) is 47.7 Å². The van der Waals surface area contributed by atoms with E-state index < -0.39 is 51.5 Å². The third kappa shape index (κ3) is 4.61. The van der Waals surface area contributed by atoms with Crippen LogP contribution in [0.5, 0.6) is 5.88 Å². The Balaban J connectivity index is 1.33. The third-order valence-electron chi connectivity index (χ3n) is 5.85. The van der Waals surface area contributed by atoms with Crippen LogP contribution < -0.4 is 15.8 Å². The minimum atomic E-state index is -3.01. The summed E-state index contributed by atoms with van der Waals surface area (Å²) in [6.45, 7) is 0.169. The van der Waals surface area contributed by atoms with Crippen molar-refractivity contribution in [1.82, 2.24) is 9.97 Å². The predicted molar refractivity (Wildman–Crippen MR) is 130 cm³/mol. The van der Waals surface area contributed by atoms with Crippen LogP contribution in [-0.2, 0) is 10.3 Å². The molecule has 1 aromatic carbocycles. The number of nitrogens with zero attached hydrogens (tertiary/aromatic N) is 3. The fraction of sp³-hybridized carbons (Fsp3) is 0.391. The normalized spacial score (nSPS) is 25.5. The summed E-state index contributed by atoms with van der Waals surface area (Å²) in [6.07, 6.45) is 1.73. The first-order valence-corrected chi connectivity index (χ1v) is 15.4. The molecule has 2 aromatic rings. The summed E-state index contributed by atoms with van der Waals surface area (Å²) in [5.74, 6) is 5.12. The first-order chi connectivity index (χ1) is 16.8. The van der Waals surface area contributed by atoms with Crippen molar-refractivity contribution in [2.24, 2.45) is 16.6 Å². The van der Waals surface area contributed by atoms with E-state index in [1.165, 1.54) is 24.5 Å². The Morgan fingerprint density at radius 2 is 2.17 bits per heavy atom. The first-order valence-electron chi connectivity index (χ1n) is 10.7. The number of alkyl halides is 5. The van der Waals surface area contributed by atoms with Crippen molar-refractivity contribution >= 4 is 37.4 Å². The van der Waals surface area contributed by atoms with Crippen LogP contribution in [0.3, 0.4) is 0 Å². The molecule has 8 nitrogen and oxygen atoms in total. The van der Waals surface area contributed by atoms with E-state index in [0.717, 1.165) is 18.9 Å². The van der Waals surface area contributed by atoms with Crippen LogP contribution in [0.25, 0.3) is 0 Å². The average Bonchev–Trinajstić information content (AvgIpc) is 3.76. The van der Waals surface area contributed by atoms with Gasteiger partial charge >= 0.3 is 169 Å². The van der Waals surface area contributed by atoms with Crippen LogP contribution in [0, 0.1) is 23.6 Å². The molecule has 1 amide bonds. The Kier molecular flexibility index (Phi) is 6.20. The third-order valence-corrected chi connectivity index (χ3v) is 11.6.